The van der Waals surface area contributed by atoms with Gasteiger partial charge in [0.1, 0.15) is 0 Å². The smallest absolute Gasteiger partial charge is 0.324 e. The lowest BCUT2D eigenvalue weighted by molar-refractivity contribution is 0.411. The molecule has 5 rings (SSSR count). The average molecular weight is 316 g/mol. The van der Waals surface area contributed by atoms with E-state index < -0.39 is 0 Å². The van der Waals surface area contributed by atoms with Gasteiger partial charge in [0, 0.05) is 47.2 Å². The number of fused-ring (bicyclic) bond motifs is 3. The predicted octanol–water partition coefficient (Wildman–Crippen LogP) is 3.78. The molecule has 4 aromatic rings. The summed E-state index contributed by atoms with van der Waals surface area (Å²) >= 11 is 0. The van der Waals surface area contributed by atoms with Crippen LogP contribution in [-0.4, -0.2) is 21.7 Å². The predicted molar refractivity (Wildman–Crippen MR) is 92.8 cm³/mol. The topological polar surface area (TPSA) is 58.0 Å². The van der Waals surface area contributed by atoms with Crippen LogP contribution in [0.2, 0.25) is 0 Å². The van der Waals surface area contributed by atoms with Crippen molar-refractivity contribution in [2.45, 2.75) is 13.0 Å². The third-order valence-corrected chi connectivity index (χ3v) is 4.60. The van der Waals surface area contributed by atoms with E-state index in [4.69, 9.17) is 4.52 Å². The number of benzene rings is 2. The van der Waals surface area contributed by atoms with Gasteiger partial charge < -0.3 is 14.4 Å². The first-order chi connectivity index (χ1) is 11.9. The second-order valence-electron chi connectivity index (χ2n) is 6.07. The van der Waals surface area contributed by atoms with Crippen molar-refractivity contribution >= 4 is 16.9 Å². The molecular formula is C19H16N4O. The maximum Gasteiger partial charge on any atom is 0.324 e. The van der Waals surface area contributed by atoms with Crippen LogP contribution in [-0.2, 0) is 13.0 Å². The van der Waals surface area contributed by atoms with E-state index in [1.54, 1.807) is 0 Å². The van der Waals surface area contributed by atoms with Crippen LogP contribution in [0.4, 0.5) is 6.01 Å². The lowest BCUT2D eigenvalue weighted by atomic mass is 10.1. The molecule has 0 saturated carbocycles. The number of hydrogen-bond acceptors (Lipinski definition) is 4. The summed E-state index contributed by atoms with van der Waals surface area (Å²) in [5, 5.41) is 5.41. The van der Waals surface area contributed by atoms with E-state index in [0.29, 0.717) is 11.8 Å². The Morgan fingerprint density at radius 3 is 2.75 bits per heavy atom. The Labute approximate surface area is 138 Å². The quantitative estimate of drug-likeness (QED) is 0.611. The summed E-state index contributed by atoms with van der Waals surface area (Å²) in [5.41, 5.74) is 4.81. The van der Waals surface area contributed by atoms with Crippen molar-refractivity contribution in [1.29, 1.82) is 0 Å². The SMILES string of the molecule is c1ccc(-c2noc(N3CCc4[nH]c5ccccc5c4C3)n2)cc1. The molecule has 24 heavy (non-hydrogen) atoms. The Balaban J connectivity index is 1.48. The van der Waals surface area contributed by atoms with Crippen molar-refractivity contribution in [3.8, 4) is 11.4 Å². The highest BCUT2D eigenvalue weighted by Gasteiger charge is 2.24. The minimum atomic E-state index is 0.588. The van der Waals surface area contributed by atoms with E-state index in [9.17, 15) is 0 Å². The number of rotatable bonds is 2. The molecule has 1 N–H and O–H groups in total. The molecule has 5 heteroatoms. The highest BCUT2D eigenvalue weighted by molar-refractivity contribution is 5.85. The number of para-hydroxylation sites is 1. The Morgan fingerprint density at radius 1 is 1.00 bits per heavy atom. The lowest BCUT2D eigenvalue weighted by Gasteiger charge is -2.24. The summed E-state index contributed by atoms with van der Waals surface area (Å²) in [6.45, 7) is 1.66. The monoisotopic (exact) mass is 316 g/mol. The summed E-state index contributed by atoms with van der Waals surface area (Å²) < 4.78 is 5.52. The summed E-state index contributed by atoms with van der Waals surface area (Å²) in [6.07, 6.45) is 0.951. The van der Waals surface area contributed by atoms with Crippen LogP contribution in [0.15, 0.2) is 59.1 Å². The van der Waals surface area contributed by atoms with Gasteiger partial charge in [-0.15, -0.1) is 0 Å². The van der Waals surface area contributed by atoms with Crippen LogP contribution in [0.1, 0.15) is 11.3 Å². The van der Waals surface area contributed by atoms with Gasteiger partial charge >= 0.3 is 6.01 Å². The van der Waals surface area contributed by atoms with Gasteiger partial charge in [0.05, 0.1) is 0 Å². The van der Waals surface area contributed by atoms with Gasteiger partial charge in [-0.1, -0.05) is 53.7 Å². The highest BCUT2D eigenvalue weighted by atomic mass is 16.5. The summed E-state index contributed by atoms with van der Waals surface area (Å²) in [7, 11) is 0. The Kier molecular flexibility index (Phi) is 2.91. The second-order valence-corrected chi connectivity index (χ2v) is 6.07. The van der Waals surface area contributed by atoms with E-state index in [1.165, 1.54) is 22.2 Å². The number of anilines is 1. The van der Waals surface area contributed by atoms with Gasteiger partial charge in [-0.25, -0.2) is 0 Å². The number of aromatic amines is 1. The largest absolute Gasteiger partial charge is 0.358 e. The van der Waals surface area contributed by atoms with Crippen LogP contribution in [0.3, 0.4) is 0 Å². The molecule has 0 radical (unpaired) electrons. The zero-order chi connectivity index (χ0) is 15.9. The number of hydrogen-bond donors (Lipinski definition) is 1. The summed E-state index contributed by atoms with van der Waals surface area (Å²) in [6, 6.07) is 18.9. The average Bonchev–Trinajstić information content (AvgIpc) is 3.27. The van der Waals surface area contributed by atoms with Crippen molar-refractivity contribution in [2.24, 2.45) is 0 Å². The lowest BCUT2D eigenvalue weighted by Crippen LogP contribution is -2.30. The third kappa shape index (κ3) is 2.09. The molecule has 1 aliphatic heterocycles. The van der Waals surface area contributed by atoms with E-state index in [-0.39, 0.29) is 0 Å². The van der Waals surface area contributed by atoms with Gasteiger partial charge in [0.2, 0.25) is 5.82 Å². The summed E-state index contributed by atoms with van der Waals surface area (Å²) in [4.78, 5) is 10.3. The van der Waals surface area contributed by atoms with E-state index >= 15 is 0 Å². The fraction of sp³-hybridized carbons (Fsp3) is 0.158. The molecule has 0 unspecified atom stereocenters. The van der Waals surface area contributed by atoms with E-state index in [2.05, 4.69) is 44.3 Å². The first-order valence-corrected chi connectivity index (χ1v) is 8.11. The van der Waals surface area contributed by atoms with Gasteiger partial charge in [0.15, 0.2) is 0 Å². The molecule has 0 spiro atoms. The van der Waals surface area contributed by atoms with Gasteiger partial charge in [0.25, 0.3) is 0 Å². The fourth-order valence-electron chi connectivity index (χ4n) is 3.38. The van der Waals surface area contributed by atoms with Crippen LogP contribution in [0.5, 0.6) is 0 Å². The molecule has 2 aromatic heterocycles. The first kappa shape index (κ1) is 13.4. The molecule has 0 fully saturated rings. The van der Waals surface area contributed by atoms with Crippen LogP contribution < -0.4 is 4.90 Å². The molecular weight excluding hydrogens is 300 g/mol. The maximum absolute atomic E-state index is 5.52. The van der Waals surface area contributed by atoms with Crippen molar-refractivity contribution in [2.75, 3.05) is 11.4 Å². The molecule has 5 nitrogen and oxygen atoms in total. The minimum Gasteiger partial charge on any atom is -0.358 e. The zero-order valence-electron chi connectivity index (χ0n) is 13.1. The van der Waals surface area contributed by atoms with Gasteiger partial charge in [-0.3, -0.25) is 0 Å². The molecule has 3 heterocycles. The molecule has 0 amide bonds. The van der Waals surface area contributed by atoms with Crippen LogP contribution in [0.25, 0.3) is 22.3 Å². The zero-order valence-corrected chi connectivity index (χ0v) is 13.1. The van der Waals surface area contributed by atoms with E-state index in [1.807, 2.05) is 30.3 Å². The molecule has 1 aliphatic rings. The van der Waals surface area contributed by atoms with Crippen molar-refractivity contribution in [3.05, 3.63) is 65.9 Å². The Bertz CT molecular complexity index is 1000. The number of H-pyrrole nitrogens is 1. The molecule has 0 aliphatic carbocycles. The van der Waals surface area contributed by atoms with Crippen LogP contribution >= 0.6 is 0 Å². The number of aromatic nitrogens is 3. The summed E-state index contributed by atoms with van der Waals surface area (Å²) in [5.74, 6) is 0.635. The maximum atomic E-state index is 5.52. The molecule has 0 atom stereocenters. The molecule has 0 saturated heterocycles. The normalized spacial score (nSPS) is 14.1. The number of nitrogens with one attached hydrogen (secondary N) is 1. The minimum absolute atomic E-state index is 0.588. The number of nitrogens with zero attached hydrogens (tertiary/aromatic N) is 3. The standard InChI is InChI=1S/C19H16N4O/c1-2-6-13(7-3-1)18-21-19(24-22-18)23-11-10-17-15(12-23)14-8-4-5-9-16(14)20-17/h1-9,20H,10-12H2. The Hall–Kier alpha value is -3.08. The van der Waals surface area contributed by atoms with Crippen molar-refractivity contribution in [3.63, 3.8) is 0 Å². The molecule has 118 valence electrons. The van der Waals surface area contributed by atoms with E-state index in [0.717, 1.165) is 25.1 Å². The van der Waals surface area contributed by atoms with Crippen LogP contribution in [0, 0.1) is 0 Å². The van der Waals surface area contributed by atoms with Gasteiger partial charge in [-0.05, 0) is 6.07 Å². The Morgan fingerprint density at radius 2 is 1.83 bits per heavy atom. The van der Waals surface area contributed by atoms with Crippen molar-refractivity contribution < 1.29 is 4.52 Å². The highest BCUT2D eigenvalue weighted by Crippen LogP contribution is 2.30. The van der Waals surface area contributed by atoms with Crippen molar-refractivity contribution in [1.82, 2.24) is 15.1 Å². The molecule has 2 aromatic carbocycles. The third-order valence-electron chi connectivity index (χ3n) is 4.60. The molecule has 0 bridgehead atoms. The fourth-order valence-corrected chi connectivity index (χ4v) is 3.38. The van der Waals surface area contributed by atoms with Gasteiger partial charge in [-0.2, -0.15) is 4.98 Å². The second kappa shape index (κ2) is 5.23. The first-order valence-electron chi connectivity index (χ1n) is 8.11.